The van der Waals surface area contributed by atoms with Crippen LogP contribution < -0.4 is 4.90 Å². The highest BCUT2D eigenvalue weighted by Gasteiger charge is 2.82. The molecule has 0 saturated heterocycles. The van der Waals surface area contributed by atoms with E-state index in [9.17, 15) is 0 Å². The van der Waals surface area contributed by atoms with Gasteiger partial charge in [0.1, 0.15) is 0 Å². The van der Waals surface area contributed by atoms with Gasteiger partial charge in [-0.25, -0.2) is 0 Å². The fourth-order valence-electron chi connectivity index (χ4n) is 19.0. The lowest BCUT2D eigenvalue weighted by atomic mass is 9.43. The predicted molar refractivity (Wildman–Crippen MR) is 271 cm³/mol. The van der Waals surface area contributed by atoms with Gasteiger partial charge in [0.25, 0.3) is 0 Å². The van der Waals surface area contributed by atoms with E-state index < -0.39 is 0 Å². The maximum atomic E-state index is 2.75. The molecular formula is C65H59N. The van der Waals surface area contributed by atoms with Crippen molar-refractivity contribution < 1.29 is 0 Å². The molecule has 7 aromatic rings. The van der Waals surface area contributed by atoms with Crippen molar-refractivity contribution in [2.24, 2.45) is 46.8 Å². The Balaban J connectivity index is 0.951. The Labute approximate surface area is 391 Å². The van der Waals surface area contributed by atoms with E-state index in [-0.39, 0.29) is 16.2 Å². The van der Waals surface area contributed by atoms with Crippen LogP contribution in [0.3, 0.4) is 0 Å². The molecule has 5 atom stereocenters. The molecule has 0 amide bonds. The average molecular weight is 854 g/mol. The second-order valence-corrected chi connectivity index (χ2v) is 23.9. The van der Waals surface area contributed by atoms with Crippen molar-refractivity contribution in [3.8, 4) is 44.5 Å². The van der Waals surface area contributed by atoms with E-state index in [1.807, 2.05) is 0 Å². The van der Waals surface area contributed by atoms with Gasteiger partial charge in [-0.1, -0.05) is 136 Å². The fraction of sp³-hybridized carbons (Fsp3) is 0.354. The molecule has 10 aliphatic carbocycles. The number of hydrogen-bond acceptors (Lipinski definition) is 1. The third-order valence-electron chi connectivity index (χ3n) is 20.7. The van der Waals surface area contributed by atoms with E-state index in [1.165, 1.54) is 130 Å². The summed E-state index contributed by atoms with van der Waals surface area (Å²) in [5.41, 5.74) is 25.2. The van der Waals surface area contributed by atoms with Crippen molar-refractivity contribution in [3.63, 3.8) is 0 Å². The van der Waals surface area contributed by atoms with E-state index in [1.54, 1.807) is 22.3 Å². The zero-order chi connectivity index (χ0) is 43.5. The normalized spacial score (nSPS) is 33.0. The molecule has 17 rings (SSSR count). The second kappa shape index (κ2) is 12.5. The third kappa shape index (κ3) is 4.34. The summed E-state index contributed by atoms with van der Waals surface area (Å²) in [6.45, 7) is 7.45. The number of rotatable bonds is 4. The standard InChI is InChI=1S/C65H59N/c1-38-26-41-32-60-63(36-38,37-41)65(60)54-17-10-8-15-49(54)51-25-22-47(35-58(51)65)66(46-21-24-50-48-14-7-9-16-53(48)62(2,3)56(50)34-46)59-19-11-18-55-61(59)52-23-20-43(42-12-5-4-6-13-42)33-57(52)64(55)44-28-39-27-40(30-44)31-45(64)29-39/h4-25,33-35,38-41,44-45,60H,26-32,36-37H2,1-3H3. The molecule has 0 aromatic heterocycles. The maximum Gasteiger partial charge on any atom is 0.0543 e. The monoisotopic (exact) mass is 853 g/mol. The quantitative estimate of drug-likeness (QED) is 0.170. The van der Waals surface area contributed by atoms with Gasteiger partial charge >= 0.3 is 0 Å². The Hall–Kier alpha value is -5.66. The zero-order valence-corrected chi connectivity index (χ0v) is 38.8. The third-order valence-corrected chi connectivity index (χ3v) is 20.7. The maximum absolute atomic E-state index is 2.75. The zero-order valence-electron chi connectivity index (χ0n) is 38.8. The molecule has 6 bridgehead atoms. The first-order valence-corrected chi connectivity index (χ1v) is 25.9. The molecule has 0 radical (unpaired) electrons. The topological polar surface area (TPSA) is 3.24 Å². The minimum Gasteiger partial charge on any atom is -0.310 e. The molecule has 324 valence electrons. The highest BCUT2D eigenvalue weighted by Crippen LogP contribution is 2.87. The summed E-state index contributed by atoms with van der Waals surface area (Å²) in [7, 11) is 0. The van der Waals surface area contributed by atoms with Gasteiger partial charge in [-0.3, -0.25) is 0 Å². The number of hydrogen-bond donors (Lipinski definition) is 0. The summed E-state index contributed by atoms with van der Waals surface area (Å²) in [6.07, 6.45) is 12.6. The Kier molecular flexibility index (Phi) is 7.06. The summed E-state index contributed by atoms with van der Waals surface area (Å²) in [6, 6.07) is 60.6. The average Bonchev–Trinajstić information content (AvgIpc) is 3.65. The first-order chi connectivity index (χ1) is 32.3. The highest BCUT2D eigenvalue weighted by molar-refractivity contribution is 5.98. The van der Waals surface area contributed by atoms with Crippen LogP contribution in [0, 0.1) is 46.8 Å². The van der Waals surface area contributed by atoms with E-state index in [2.05, 4.69) is 177 Å². The molecule has 10 aliphatic rings. The van der Waals surface area contributed by atoms with Crippen LogP contribution in [0.15, 0.2) is 152 Å². The van der Waals surface area contributed by atoms with E-state index >= 15 is 0 Å². The van der Waals surface area contributed by atoms with Crippen LogP contribution in [0.5, 0.6) is 0 Å². The molecule has 0 aliphatic heterocycles. The smallest absolute Gasteiger partial charge is 0.0543 e. The summed E-state index contributed by atoms with van der Waals surface area (Å²) in [5.74, 6) is 5.61. The van der Waals surface area contributed by atoms with Crippen molar-refractivity contribution in [3.05, 3.63) is 185 Å². The van der Waals surface area contributed by atoms with Gasteiger partial charge in [-0.15, -0.1) is 0 Å². The van der Waals surface area contributed by atoms with E-state index in [0.29, 0.717) is 17.3 Å². The molecule has 0 heterocycles. The van der Waals surface area contributed by atoms with Crippen LogP contribution in [-0.4, -0.2) is 0 Å². The minimum atomic E-state index is -0.0976. The molecule has 7 aromatic carbocycles. The fourth-order valence-corrected chi connectivity index (χ4v) is 19.0. The number of benzene rings is 7. The number of anilines is 3. The van der Waals surface area contributed by atoms with Gasteiger partial charge in [0, 0.05) is 33.2 Å². The molecule has 5 unspecified atom stereocenters. The molecule has 1 nitrogen and oxygen atoms in total. The second-order valence-electron chi connectivity index (χ2n) is 23.9. The predicted octanol–water partition coefficient (Wildman–Crippen LogP) is 16.6. The van der Waals surface area contributed by atoms with Gasteiger partial charge in [0.15, 0.2) is 0 Å². The van der Waals surface area contributed by atoms with Crippen LogP contribution in [0.25, 0.3) is 44.5 Å². The van der Waals surface area contributed by atoms with Crippen LogP contribution in [0.1, 0.15) is 112 Å². The summed E-state index contributed by atoms with van der Waals surface area (Å²) < 4.78 is 0. The van der Waals surface area contributed by atoms with Gasteiger partial charge in [0.2, 0.25) is 0 Å². The lowest BCUT2D eigenvalue weighted by Crippen LogP contribution is -2.55. The number of nitrogens with zero attached hydrogens (tertiary/aromatic N) is 1. The Morgan fingerprint density at radius 3 is 1.82 bits per heavy atom. The van der Waals surface area contributed by atoms with Crippen molar-refractivity contribution in [1.82, 2.24) is 0 Å². The van der Waals surface area contributed by atoms with Gasteiger partial charge < -0.3 is 4.90 Å². The first kappa shape index (κ1) is 37.4. The van der Waals surface area contributed by atoms with Crippen molar-refractivity contribution in [2.45, 2.75) is 94.8 Å². The molecule has 0 N–H and O–H groups in total. The Bertz CT molecular complexity index is 3230. The minimum absolute atomic E-state index is 0.0502. The van der Waals surface area contributed by atoms with Crippen LogP contribution in [0.2, 0.25) is 0 Å². The lowest BCUT2D eigenvalue weighted by Gasteiger charge is -2.61. The summed E-state index contributed by atoms with van der Waals surface area (Å²) in [4.78, 5) is 2.75. The van der Waals surface area contributed by atoms with Crippen molar-refractivity contribution >= 4 is 17.1 Å². The SMILES string of the molecule is CC1CC2CC3C(C1)(C2)C31c2ccccc2-c2ccc(N(c3ccc4c(c3)C(C)(C)c3ccccc3-4)c3cccc4c3-c3ccc(-c5ccccc5)cc3C43C4CC5CC(C4)CC3C5)cc21. The van der Waals surface area contributed by atoms with E-state index in [4.69, 9.17) is 0 Å². The Morgan fingerprint density at radius 1 is 0.439 bits per heavy atom. The van der Waals surface area contributed by atoms with Gasteiger partial charge in [-0.05, 0) is 213 Å². The number of fused-ring (bicyclic) bond motifs is 13. The van der Waals surface area contributed by atoms with Gasteiger partial charge in [0.05, 0.1) is 5.69 Å². The molecule has 7 saturated carbocycles. The van der Waals surface area contributed by atoms with E-state index in [0.717, 1.165) is 29.6 Å². The lowest BCUT2D eigenvalue weighted by molar-refractivity contribution is -0.0399. The molecule has 7 fully saturated rings. The summed E-state index contributed by atoms with van der Waals surface area (Å²) >= 11 is 0. The van der Waals surface area contributed by atoms with Gasteiger partial charge in [-0.2, -0.15) is 0 Å². The largest absolute Gasteiger partial charge is 0.310 e. The van der Waals surface area contributed by atoms with Crippen LogP contribution in [-0.2, 0) is 16.2 Å². The molecule has 66 heavy (non-hydrogen) atoms. The Morgan fingerprint density at radius 2 is 1.06 bits per heavy atom. The van der Waals surface area contributed by atoms with Crippen molar-refractivity contribution in [2.75, 3.05) is 4.90 Å². The van der Waals surface area contributed by atoms with Crippen LogP contribution in [0.4, 0.5) is 17.1 Å². The highest BCUT2D eigenvalue weighted by atomic mass is 15.1. The van der Waals surface area contributed by atoms with Crippen LogP contribution >= 0.6 is 0 Å². The molecule has 3 spiro atoms. The summed E-state index contributed by atoms with van der Waals surface area (Å²) in [5, 5.41) is 0. The molecular weight excluding hydrogens is 795 g/mol. The first-order valence-electron chi connectivity index (χ1n) is 25.9. The molecule has 1 heteroatoms. The van der Waals surface area contributed by atoms with Crippen molar-refractivity contribution in [1.29, 1.82) is 0 Å².